The highest BCUT2D eigenvalue weighted by Crippen LogP contribution is 2.41. The van der Waals surface area contributed by atoms with Gasteiger partial charge in [0.05, 0.1) is 4.90 Å². The molecule has 1 N–H and O–H groups in total. The molecule has 0 unspecified atom stereocenters. The number of nitrogens with zero attached hydrogens (tertiary/aromatic N) is 1. The van der Waals surface area contributed by atoms with Crippen LogP contribution in [0.4, 0.5) is 0 Å². The van der Waals surface area contributed by atoms with Crippen LogP contribution in [0, 0.1) is 0 Å². The number of nitrogens with one attached hydrogen (secondary N) is 1. The van der Waals surface area contributed by atoms with Crippen molar-refractivity contribution in [3.63, 3.8) is 0 Å². The Morgan fingerprint density at radius 1 is 1.16 bits per heavy atom. The number of amides is 1. The van der Waals surface area contributed by atoms with Gasteiger partial charge in [-0.1, -0.05) is 29.8 Å². The first-order valence-electron chi connectivity index (χ1n) is 7.88. The molecule has 1 amide bonds. The van der Waals surface area contributed by atoms with E-state index in [2.05, 4.69) is 5.32 Å². The predicted octanol–water partition coefficient (Wildman–Crippen LogP) is 2.88. The zero-order chi connectivity index (χ0) is 18.2. The van der Waals surface area contributed by atoms with E-state index in [1.807, 2.05) is 24.3 Å². The van der Waals surface area contributed by atoms with Crippen molar-refractivity contribution in [3.8, 4) is 0 Å². The Morgan fingerprint density at radius 3 is 2.48 bits per heavy atom. The lowest BCUT2D eigenvalue weighted by molar-refractivity contribution is 0.0950. The van der Waals surface area contributed by atoms with E-state index in [1.54, 1.807) is 12.1 Å². The molecular formula is C18H19ClN2O3S. The summed E-state index contributed by atoms with van der Waals surface area (Å²) in [5.41, 5.74) is 1.48. The molecule has 1 aliphatic carbocycles. The number of hydrogen-bond acceptors (Lipinski definition) is 3. The van der Waals surface area contributed by atoms with Gasteiger partial charge >= 0.3 is 0 Å². The Morgan fingerprint density at radius 2 is 1.84 bits per heavy atom. The maximum Gasteiger partial charge on any atom is 0.251 e. The number of rotatable bonds is 5. The van der Waals surface area contributed by atoms with E-state index in [4.69, 9.17) is 11.6 Å². The van der Waals surface area contributed by atoms with E-state index in [0.29, 0.717) is 10.6 Å². The van der Waals surface area contributed by atoms with Crippen molar-refractivity contribution in [1.29, 1.82) is 0 Å². The summed E-state index contributed by atoms with van der Waals surface area (Å²) in [6.07, 6.45) is 0.864. The van der Waals surface area contributed by atoms with Gasteiger partial charge in [-0.25, -0.2) is 12.7 Å². The van der Waals surface area contributed by atoms with Crippen LogP contribution in [-0.2, 0) is 10.0 Å². The highest BCUT2D eigenvalue weighted by molar-refractivity contribution is 7.89. The average Bonchev–Trinajstić information content (AvgIpc) is 3.34. The molecular weight excluding hydrogens is 360 g/mol. The predicted molar refractivity (Wildman–Crippen MR) is 97.4 cm³/mol. The molecule has 0 aromatic heterocycles. The zero-order valence-corrected chi connectivity index (χ0v) is 15.5. The smallest absolute Gasteiger partial charge is 0.251 e. The van der Waals surface area contributed by atoms with Crippen molar-refractivity contribution >= 4 is 27.5 Å². The maximum absolute atomic E-state index is 12.4. The molecule has 2 aromatic rings. The molecule has 0 heterocycles. The quantitative estimate of drug-likeness (QED) is 0.869. The van der Waals surface area contributed by atoms with E-state index < -0.39 is 10.0 Å². The lowest BCUT2D eigenvalue weighted by Gasteiger charge is -2.12. The van der Waals surface area contributed by atoms with Gasteiger partial charge in [-0.3, -0.25) is 4.79 Å². The topological polar surface area (TPSA) is 66.5 Å². The van der Waals surface area contributed by atoms with Gasteiger partial charge in [-0.05, 0) is 42.3 Å². The van der Waals surface area contributed by atoms with E-state index in [1.165, 1.54) is 26.2 Å². The normalized spacial score (nSPS) is 19.7. The summed E-state index contributed by atoms with van der Waals surface area (Å²) >= 11 is 5.89. The third-order valence-corrected chi connectivity index (χ3v) is 6.34. The highest BCUT2D eigenvalue weighted by atomic mass is 35.5. The first-order chi connectivity index (χ1) is 11.8. The van der Waals surface area contributed by atoms with E-state index >= 15 is 0 Å². The second-order valence-corrected chi connectivity index (χ2v) is 8.88. The van der Waals surface area contributed by atoms with Crippen molar-refractivity contribution in [2.24, 2.45) is 0 Å². The van der Waals surface area contributed by atoms with E-state index in [9.17, 15) is 13.2 Å². The molecule has 0 bridgehead atoms. The van der Waals surface area contributed by atoms with Gasteiger partial charge in [0.2, 0.25) is 10.0 Å². The Kier molecular flexibility index (Phi) is 4.86. The molecule has 1 fully saturated rings. The summed E-state index contributed by atoms with van der Waals surface area (Å²) in [4.78, 5) is 12.5. The molecule has 2 atom stereocenters. The standard InChI is InChI=1S/C18H19ClN2O3S/c1-21(2)25(23,24)15-5-3-4-13(10-15)18(22)20-17-11-16(17)12-6-8-14(19)9-7-12/h3-10,16-17H,11H2,1-2H3,(H,20,22)/t16-,17+/m0/s1. The van der Waals surface area contributed by atoms with Crippen molar-refractivity contribution in [3.05, 3.63) is 64.7 Å². The fraction of sp³-hybridized carbons (Fsp3) is 0.278. The minimum Gasteiger partial charge on any atom is -0.349 e. The second kappa shape index (κ2) is 6.78. The Hall–Kier alpha value is -1.89. The van der Waals surface area contributed by atoms with Gasteiger partial charge < -0.3 is 5.32 Å². The summed E-state index contributed by atoms with van der Waals surface area (Å²) in [6.45, 7) is 0. The van der Waals surface area contributed by atoms with Crippen molar-refractivity contribution < 1.29 is 13.2 Å². The number of carbonyl (C=O) groups excluding carboxylic acids is 1. The molecule has 7 heteroatoms. The number of sulfonamides is 1. The van der Waals surface area contributed by atoms with Crippen LogP contribution in [0.1, 0.15) is 28.3 Å². The van der Waals surface area contributed by atoms with Gasteiger partial charge in [0.15, 0.2) is 0 Å². The fourth-order valence-electron chi connectivity index (χ4n) is 2.69. The summed E-state index contributed by atoms with van der Waals surface area (Å²) in [6, 6.07) is 13.7. The summed E-state index contributed by atoms with van der Waals surface area (Å²) in [5.74, 6) is 0.00665. The van der Waals surface area contributed by atoms with Crippen LogP contribution in [0.3, 0.4) is 0 Å². The lowest BCUT2D eigenvalue weighted by atomic mass is 10.1. The first kappa shape index (κ1) is 17.9. The van der Waals surface area contributed by atoms with Crippen LogP contribution in [0.15, 0.2) is 53.4 Å². The van der Waals surface area contributed by atoms with E-state index in [0.717, 1.165) is 16.3 Å². The summed E-state index contributed by atoms with van der Waals surface area (Å²) in [7, 11) is -0.640. The largest absolute Gasteiger partial charge is 0.349 e. The summed E-state index contributed by atoms with van der Waals surface area (Å²) < 4.78 is 25.5. The number of carbonyl (C=O) groups is 1. The van der Waals surface area contributed by atoms with Crippen LogP contribution in [0.2, 0.25) is 5.02 Å². The maximum atomic E-state index is 12.4. The first-order valence-corrected chi connectivity index (χ1v) is 9.70. The van der Waals surface area contributed by atoms with Gasteiger partial charge in [-0.2, -0.15) is 0 Å². The summed E-state index contributed by atoms with van der Waals surface area (Å²) in [5, 5.41) is 3.65. The fourth-order valence-corrected chi connectivity index (χ4v) is 3.77. The van der Waals surface area contributed by atoms with Crippen molar-refractivity contribution in [2.75, 3.05) is 14.1 Å². The number of halogens is 1. The third-order valence-electron chi connectivity index (χ3n) is 4.28. The Balaban J connectivity index is 1.70. The van der Waals surface area contributed by atoms with Crippen molar-refractivity contribution in [1.82, 2.24) is 9.62 Å². The van der Waals surface area contributed by atoms with Crippen LogP contribution < -0.4 is 5.32 Å². The van der Waals surface area contributed by atoms with E-state index in [-0.39, 0.29) is 22.8 Å². The molecule has 1 saturated carbocycles. The lowest BCUT2D eigenvalue weighted by Crippen LogP contribution is -2.27. The molecule has 5 nitrogen and oxygen atoms in total. The number of benzene rings is 2. The minimum absolute atomic E-state index is 0.0581. The minimum atomic E-state index is -3.56. The zero-order valence-electron chi connectivity index (χ0n) is 13.9. The van der Waals surface area contributed by atoms with Crippen molar-refractivity contribution in [2.45, 2.75) is 23.3 Å². The molecule has 0 saturated heterocycles. The number of hydrogen-bond donors (Lipinski definition) is 1. The SMILES string of the molecule is CN(C)S(=O)(=O)c1cccc(C(=O)N[C@@H]2C[C@H]2c2ccc(Cl)cc2)c1. The Bertz CT molecular complexity index is 895. The van der Waals surface area contributed by atoms with Crippen LogP contribution in [0.5, 0.6) is 0 Å². The average molecular weight is 379 g/mol. The molecule has 1 aliphatic rings. The van der Waals surface area contributed by atoms with Gasteiger partial charge in [-0.15, -0.1) is 0 Å². The monoisotopic (exact) mass is 378 g/mol. The molecule has 0 radical (unpaired) electrons. The third kappa shape index (κ3) is 3.86. The highest BCUT2D eigenvalue weighted by Gasteiger charge is 2.39. The van der Waals surface area contributed by atoms with Gasteiger partial charge in [0.1, 0.15) is 0 Å². The van der Waals surface area contributed by atoms with Crippen LogP contribution >= 0.6 is 11.6 Å². The molecule has 2 aromatic carbocycles. The molecule has 0 aliphatic heterocycles. The second-order valence-electron chi connectivity index (χ2n) is 6.29. The van der Waals surface area contributed by atoms with Crippen LogP contribution in [-0.4, -0.2) is 38.8 Å². The Labute approximate surface area is 152 Å². The molecule has 25 heavy (non-hydrogen) atoms. The van der Waals surface area contributed by atoms with Gasteiger partial charge in [0, 0.05) is 36.6 Å². The molecule has 0 spiro atoms. The van der Waals surface area contributed by atoms with Crippen LogP contribution in [0.25, 0.3) is 0 Å². The molecule has 132 valence electrons. The molecule has 3 rings (SSSR count). The van der Waals surface area contributed by atoms with Gasteiger partial charge in [0.25, 0.3) is 5.91 Å².